The number of hydrogen-bond donors (Lipinski definition) is 2. The molecule has 0 aliphatic carbocycles. The van der Waals surface area contributed by atoms with Gasteiger partial charge in [0.25, 0.3) is 0 Å². The van der Waals surface area contributed by atoms with Crippen LogP contribution in [0.1, 0.15) is 187 Å². The van der Waals surface area contributed by atoms with E-state index in [-0.39, 0.29) is 19.3 Å². The topological polar surface area (TPSA) is 115 Å². The molecule has 0 aliphatic rings. The van der Waals surface area contributed by atoms with E-state index in [0.717, 1.165) is 69.2 Å². The van der Waals surface area contributed by atoms with Gasteiger partial charge in [-0.3, -0.25) is 9.59 Å². The highest BCUT2D eigenvalue weighted by Gasteiger charge is 2.26. The largest absolute Gasteiger partial charge is 0.550 e. The van der Waals surface area contributed by atoms with E-state index in [4.69, 9.17) is 10.2 Å². The zero-order valence-electron chi connectivity index (χ0n) is 29.3. The highest BCUT2D eigenvalue weighted by atomic mass is 16.4. The molecule has 0 fully saturated rings. The molecule has 0 aliphatic heterocycles. The van der Waals surface area contributed by atoms with Crippen LogP contribution < -0.4 is 5.11 Å². The lowest BCUT2D eigenvalue weighted by Crippen LogP contribution is -2.51. The fourth-order valence-electron chi connectivity index (χ4n) is 6.41. The minimum Gasteiger partial charge on any atom is -0.550 e. The van der Waals surface area contributed by atoms with Crippen LogP contribution in [0.3, 0.4) is 0 Å². The van der Waals surface area contributed by atoms with Crippen molar-refractivity contribution in [3.63, 3.8) is 0 Å². The summed E-state index contributed by atoms with van der Waals surface area (Å²) < 4.78 is 0.841. The lowest BCUT2D eigenvalue weighted by molar-refractivity contribution is -0.929. The molecule has 0 saturated heterocycles. The van der Waals surface area contributed by atoms with E-state index in [1.807, 2.05) is 0 Å². The fraction of sp³-hybridized carbons (Fsp3) is 0.868. The Labute approximate surface area is 276 Å². The van der Waals surface area contributed by atoms with Gasteiger partial charge < -0.3 is 24.6 Å². The molecule has 2 N–H and O–H groups in total. The summed E-state index contributed by atoms with van der Waals surface area (Å²) in [6, 6.07) is 0. The lowest BCUT2D eigenvalue weighted by Gasteiger charge is -2.39. The number of quaternary nitrogens is 1. The van der Waals surface area contributed by atoms with Crippen LogP contribution in [0.5, 0.6) is 0 Å². The van der Waals surface area contributed by atoms with Crippen LogP contribution in [-0.4, -0.2) is 58.8 Å². The standard InChI is InChI=1S/C38H71NO6/c1-2-3-4-5-6-7-8-9-10-11-12-13-14-15-16-17-18-19-20-21-25-32-39(33-26-22-29-36(40)41,34-27-23-30-37(42)43)35-28-24-31-38(44)45/h15-16H,2-14,17-35H2,1H3,(H2-,40,41,42,43,44,45)/b16-15+. The van der Waals surface area contributed by atoms with E-state index in [9.17, 15) is 19.5 Å². The van der Waals surface area contributed by atoms with Gasteiger partial charge in [-0.05, 0) is 83.5 Å². The first-order chi connectivity index (χ1) is 21.8. The van der Waals surface area contributed by atoms with Gasteiger partial charge in [0, 0.05) is 18.8 Å². The van der Waals surface area contributed by atoms with Gasteiger partial charge in [-0.2, -0.15) is 0 Å². The number of aliphatic carboxylic acids is 3. The smallest absolute Gasteiger partial charge is 0.303 e. The number of rotatable bonds is 36. The van der Waals surface area contributed by atoms with E-state index in [1.165, 1.54) is 103 Å². The van der Waals surface area contributed by atoms with Gasteiger partial charge in [0.2, 0.25) is 0 Å². The van der Waals surface area contributed by atoms with E-state index in [0.29, 0.717) is 19.3 Å². The average molecular weight is 638 g/mol. The van der Waals surface area contributed by atoms with E-state index < -0.39 is 17.9 Å². The Morgan fingerprint density at radius 1 is 0.467 bits per heavy atom. The third kappa shape index (κ3) is 31.9. The Morgan fingerprint density at radius 2 is 0.778 bits per heavy atom. The van der Waals surface area contributed by atoms with Crippen LogP contribution in [0.25, 0.3) is 0 Å². The number of carbonyl (C=O) groups excluding carboxylic acids is 1. The third-order valence-corrected chi connectivity index (χ3v) is 9.20. The molecule has 0 radical (unpaired) electrons. The maximum Gasteiger partial charge on any atom is 0.303 e. The summed E-state index contributed by atoms with van der Waals surface area (Å²) >= 11 is 0. The van der Waals surface area contributed by atoms with Crippen LogP contribution in [0.4, 0.5) is 0 Å². The zero-order valence-corrected chi connectivity index (χ0v) is 29.3. The maximum atomic E-state index is 11.0. The van der Waals surface area contributed by atoms with Crippen molar-refractivity contribution in [3.8, 4) is 0 Å². The van der Waals surface area contributed by atoms with Gasteiger partial charge >= 0.3 is 11.9 Å². The van der Waals surface area contributed by atoms with Gasteiger partial charge in [-0.25, -0.2) is 0 Å². The van der Waals surface area contributed by atoms with Gasteiger partial charge in [0.1, 0.15) is 0 Å². The molecule has 7 heteroatoms. The zero-order chi connectivity index (χ0) is 33.3. The molecule has 0 atom stereocenters. The fourth-order valence-corrected chi connectivity index (χ4v) is 6.41. The minimum absolute atomic E-state index is 0.0613. The van der Waals surface area contributed by atoms with Crippen molar-refractivity contribution < 1.29 is 34.2 Å². The van der Waals surface area contributed by atoms with E-state index >= 15 is 0 Å². The Hall–Kier alpha value is -1.89. The monoisotopic (exact) mass is 638 g/mol. The quantitative estimate of drug-likeness (QED) is 0.0402. The summed E-state index contributed by atoms with van der Waals surface area (Å²) in [4.78, 5) is 33.0. The molecule has 0 heterocycles. The number of carboxylic acids is 3. The lowest BCUT2D eigenvalue weighted by atomic mass is 10.0. The first kappa shape index (κ1) is 43.1. The van der Waals surface area contributed by atoms with E-state index in [2.05, 4.69) is 19.1 Å². The summed E-state index contributed by atoms with van der Waals surface area (Å²) in [6.07, 6.45) is 34.4. The Balaban J connectivity index is 4.23. The van der Waals surface area contributed by atoms with Crippen LogP contribution in [0, 0.1) is 0 Å². The summed E-state index contributed by atoms with van der Waals surface area (Å²) in [5, 5.41) is 29.0. The number of nitrogens with zero attached hydrogens (tertiary/aromatic N) is 1. The molecule has 45 heavy (non-hydrogen) atoms. The number of carboxylic acid groups (broad SMARTS) is 3. The number of hydrogen-bond acceptors (Lipinski definition) is 4. The second-order valence-corrected chi connectivity index (χ2v) is 13.5. The van der Waals surface area contributed by atoms with Gasteiger partial charge in [0.15, 0.2) is 0 Å². The average Bonchev–Trinajstić information content (AvgIpc) is 3.00. The first-order valence-corrected chi connectivity index (χ1v) is 18.9. The van der Waals surface area contributed by atoms with Crippen LogP contribution in [0.2, 0.25) is 0 Å². The highest BCUT2D eigenvalue weighted by molar-refractivity contribution is 5.66. The molecule has 0 amide bonds. The molecule has 0 bridgehead atoms. The second-order valence-electron chi connectivity index (χ2n) is 13.5. The third-order valence-electron chi connectivity index (χ3n) is 9.20. The number of unbranched alkanes of at least 4 members (excludes halogenated alkanes) is 20. The Kier molecular flexibility index (Phi) is 30.7. The van der Waals surface area contributed by atoms with Crippen molar-refractivity contribution in [2.45, 2.75) is 187 Å². The van der Waals surface area contributed by atoms with Crippen LogP contribution in [-0.2, 0) is 14.4 Å². The summed E-state index contributed by atoms with van der Waals surface area (Å²) in [7, 11) is 0. The van der Waals surface area contributed by atoms with E-state index in [1.54, 1.807) is 0 Å². The molecule has 0 unspecified atom stereocenters. The van der Waals surface area contributed by atoms with Crippen molar-refractivity contribution in [3.05, 3.63) is 12.2 Å². The highest BCUT2D eigenvalue weighted by Crippen LogP contribution is 2.20. The minimum atomic E-state index is -1.02. The van der Waals surface area contributed by atoms with Crippen molar-refractivity contribution in [2.24, 2.45) is 0 Å². The molecule has 0 rings (SSSR count). The molecule has 7 nitrogen and oxygen atoms in total. The SMILES string of the molecule is CCCCCCCCCCCCCC/C=C/CCCCCCC[N+](CCCCC(=O)[O-])(CCCCC(=O)O)CCCCC(=O)O. The van der Waals surface area contributed by atoms with Crippen LogP contribution >= 0.6 is 0 Å². The Bertz CT molecular complexity index is 683. The van der Waals surface area contributed by atoms with Crippen molar-refractivity contribution in [1.82, 2.24) is 0 Å². The van der Waals surface area contributed by atoms with Crippen molar-refractivity contribution >= 4 is 17.9 Å². The van der Waals surface area contributed by atoms with Crippen LogP contribution in [0.15, 0.2) is 12.2 Å². The number of carbonyl (C=O) groups is 3. The number of allylic oxidation sites excluding steroid dienone is 2. The van der Waals surface area contributed by atoms with Crippen molar-refractivity contribution in [2.75, 3.05) is 26.2 Å². The van der Waals surface area contributed by atoms with Gasteiger partial charge in [0.05, 0.1) is 26.2 Å². The van der Waals surface area contributed by atoms with Gasteiger partial charge in [-0.1, -0.05) is 103 Å². The predicted molar refractivity (Wildman–Crippen MR) is 184 cm³/mol. The first-order valence-electron chi connectivity index (χ1n) is 18.9. The van der Waals surface area contributed by atoms with Gasteiger partial charge in [-0.15, -0.1) is 0 Å². The summed E-state index contributed by atoms with van der Waals surface area (Å²) in [6.45, 7) is 5.87. The normalized spacial score (nSPS) is 11.8. The summed E-state index contributed by atoms with van der Waals surface area (Å²) in [5.74, 6) is -2.57. The molecule has 0 aromatic rings. The molecule has 0 saturated carbocycles. The predicted octanol–water partition coefficient (Wildman–Crippen LogP) is 9.22. The molecular formula is C38H71NO6. The molecule has 0 spiro atoms. The molecule has 264 valence electrons. The Morgan fingerprint density at radius 3 is 1.13 bits per heavy atom. The van der Waals surface area contributed by atoms with Crippen molar-refractivity contribution in [1.29, 1.82) is 0 Å². The molecular weight excluding hydrogens is 566 g/mol. The molecule has 0 aromatic carbocycles. The second kappa shape index (κ2) is 32.1. The summed E-state index contributed by atoms with van der Waals surface area (Å²) in [5.41, 5.74) is 0. The molecule has 0 aromatic heterocycles. The maximum absolute atomic E-state index is 11.0.